The van der Waals surface area contributed by atoms with Crippen molar-refractivity contribution in [2.45, 2.75) is 178 Å². The van der Waals surface area contributed by atoms with E-state index >= 15 is 0 Å². The lowest BCUT2D eigenvalue weighted by Gasteiger charge is -2.33. The molecule has 10 atom stereocenters. The zero-order chi connectivity index (χ0) is 53.9. The highest BCUT2D eigenvalue weighted by atomic mass is 16.6. The maximum Gasteiger partial charge on any atom is 0.311 e. The second kappa shape index (κ2) is 28.2. The van der Waals surface area contributed by atoms with Crippen LogP contribution in [0.5, 0.6) is 0 Å². The summed E-state index contributed by atoms with van der Waals surface area (Å²) in [6.45, 7) is 23.1. The Labute approximate surface area is 435 Å². The SMILES string of the molecule is CC[C@H]1OC(=O)[C@H](C)[C@@H](OCc2ccccc2)CC(=O)C(C)(C)C[C@@H](C)/C=C/C(=O)[C@]1(C)O.CC[C@H]1OC(=O)[C@H](C)[C@@H](OCc2ccccc2)CC(=O)C(C)(C)C[C@@H](C)[C@H](OCc2ccccc2)C=C=C=C1C. The van der Waals surface area contributed by atoms with Gasteiger partial charge in [-0.15, -0.1) is 0 Å². The van der Waals surface area contributed by atoms with Crippen molar-refractivity contribution in [2.75, 3.05) is 0 Å². The number of esters is 2. The molecule has 0 radical (unpaired) electrons. The molecule has 0 aromatic heterocycles. The van der Waals surface area contributed by atoms with E-state index < -0.39 is 64.4 Å². The van der Waals surface area contributed by atoms with Crippen LogP contribution in [0, 0.1) is 34.5 Å². The van der Waals surface area contributed by atoms with E-state index in [2.05, 4.69) is 18.4 Å². The van der Waals surface area contributed by atoms with Crippen LogP contribution in [-0.4, -0.2) is 70.5 Å². The molecule has 0 aliphatic carbocycles. The molecular formula is C62H82O11. The third-order valence-electron chi connectivity index (χ3n) is 14.2. The predicted octanol–water partition coefficient (Wildman–Crippen LogP) is 11.8. The van der Waals surface area contributed by atoms with Crippen LogP contribution >= 0.6 is 0 Å². The number of carbonyl (C=O) groups is 5. The number of ether oxygens (including phenoxy) is 5. The fraction of sp³-hybridized carbons (Fsp3) is 0.532. The number of carbonyl (C=O) groups excluding carboxylic acids is 5. The van der Waals surface area contributed by atoms with Gasteiger partial charge in [-0.3, -0.25) is 24.0 Å². The van der Waals surface area contributed by atoms with Gasteiger partial charge < -0.3 is 28.8 Å². The summed E-state index contributed by atoms with van der Waals surface area (Å²) in [5.74, 6) is -2.88. The summed E-state index contributed by atoms with van der Waals surface area (Å²) in [6.07, 6.45) is 4.08. The minimum absolute atomic E-state index is 0.0112. The van der Waals surface area contributed by atoms with E-state index in [1.807, 2.05) is 146 Å². The van der Waals surface area contributed by atoms with Gasteiger partial charge in [-0.1, -0.05) is 164 Å². The zero-order valence-corrected chi connectivity index (χ0v) is 45.5. The first-order chi connectivity index (χ1) is 34.5. The van der Waals surface area contributed by atoms with Crippen molar-refractivity contribution in [2.24, 2.45) is 34.5 Å². The monoisotopic (exact) mass is 1000 g/mol. The molecule has 0 fully saturated rings. The van der Waals surface area contributed by atoms with E-state index in [1.165, 1.54) is 13.0 Å². The van der Waals surface area contributed by atoms with Crippen LogP contribution in [-0.2, 0) is 67.5 Å². The number of cyclic esters (lactones) is 2. The van der Waals surface area contributed by atoms with Gasteiger partial charge in [0.2, 0.25) is 0 Å². The second-order valence-corrected chi connectivity index (χ2v) is 21.6. The van der Waals surface area contributed by atoms with E-state index in [0.717, 1.165) is 22.3 Å². The number of hydrogen-bond donors (Lipinski definition) is 1. The molecule has 0 unspecified atom stereocenters. The average Bonchev–Trinajstić information content (AvgIpc) is 3.36. The van der Waals surface area contributed by atoms with E-state index in [4.69, 9.17) is 23.7 Å². The second-order valence-electron chi connectivity index (χ2n) is 21.6. The summed E-state index contributed by atoms with van der Waals surface area (Å²) >= 11 is 0. The smallest absolute Gasteiger partial charge is 0.311 e. The van der Waals surface area contributed by atoms with Crippen LogP contribution in [0.25, 0.3) is 0 Å². The molecule has 0 spiro atoms. The molecule has 0 saturated heterocycles. The van der Waals surface area contributed by atoms with Gasteiger partial charge in [0.15, 0.2) is 11.4 Å². The highest BCUT2D eigenvalue weighted by Gasteiger charge is 2.43. The van der Waals surface area contributed by atoms with E-state index in [1.54, 1.807) is 26.8 Å². The maximum atomic E-state index is 13.7. The highest BCUT2D eigenvalue weighted by Crippen LogP contribution is 2.35. The van der Waals surface area contributed by atoms with Gasteiger partial charge in [0.25, 0.3) is 0 Å². The molecule has 1 N–H and O–H groups in total. The Morgan fingerprint density at radius 3 is 1.51 bits per heavy atom. The Bertz CT molecular complexity index is 2390. The van der Waals surface area contributed by atoms with Gasteiger partial charge in [0.1, 0.15) is 23.8 Å². The zero-order valence-electron chi connectivity index (χ0n) is 45.5. The molecule has 2 aliphatic heterocycles. The summed E-state index contributed by atoms with van der Waals surface area (Å²) < 4.78 is 30.2. The van der Waals surface area contributed by atoms with E-state index in [9.17, 15) is 29.1 Å². The van der Waals surface area contributed by atoms with Crippen LogP contribution in [0.1, 0.15) is 138 Å². The molecular weight excluding hydrogens is 921 g/mol. The first-order valence-corrected chi connectivity index (χ1v) is 26.1. The van der Waals surface area contributed by atoms with Crippen molar-refractivity contribution < 1.29 is 52.8 Å². The largest absolute Gasteiger partial charge is 0.459 e. The number of Topliss-reactive ketones (excluding diaryl/α,β-unsaturated/α-hetero) is 2. The first kappa shape index (κ1) is 60.0. The molecule has 396 valence electrons. The van der Waals surface area contributed by atoms with Crippen LogP contribution in [0.2, 0.25) is 0 Å². The van der Waals surface area contributed by atoms with Gasteiger partial charge in [-0.2, -0.15) is 0 Å². The summed E-state index contributed by atoms with van der Waals surface area (Å²) in [5.41, 5.74) is 6.94. The van der Waals surface area contributed by atoms with Gasteiger partial charge in [0, 0.05) is 29.2 Å². The average molecular weight is 1000 g/mol. The molecule has 0 bridgehead atoms. The summed E-state index contributed by atoms with van der Waals surface area (Å²) in [7, 11) is 0. The minimum Gasteiger partial charge on any atom is -0.459 e. The Hall–Kier alpha value is -5.51. The number of aliphatic hydroxyl groups is 1. The van der Waals surface area contributed by atoms with Crippen molar-refractivity contribution in [3.8, 4) is 0 Å². The fourth-order valence-corrected chi connectivity index (χ4v) is 9.17. The number of hydrogen-bond acceptors (Lipinski definition) is 11. The molecule has 0 amide bonds. The fourth-order valence-electron chi connectivity index (χ4n) is 9.17. The van der Waals surface area contributed by atoms with Gasteiger partial charge >= 0.3 is 11.9 Å². The molecule has 0 saturated carbocycles. The quantitative estimate of drug-likeness (QED) is 0.144. The van der Waals surface area contributed by atoms with Gasteiger partial charge in [-0.25, -0.2) is 0 Å². The van der Waals surface area contributed by atoms with E-state index in [-0.39, 0.29) is 61.3 Å². The number of benzene rings is 3. The summed E-state index contributed by atoms with van der Waals surface area (Å²) in [6, 6.07) is 29.4. The maximum absolute atomic E-state index is 13.7. The van der Waals surface area contributed by atoms with Gasteiger partial charge in [0.05, 0.1) is 50.0 Å². The van der Waals surface area contributed by atoms with Crippen LogP contribution in [0.3, 0.4) is 0 Å². The third kappa shape index (κ3) is 18.4. The minimum atomic E-state index is -1.85. The number of allylic oxidation sites excluding steroid dienone is 1. The van der Waals surface area contributed by atoms with Crippen molar-refractivity contribution in [1.82, 2.24) is 0 Å². The van der Waals surface area contributed by atoms with Gasteiger partial charge in [-0.05, 0) is 94.1 Å². The van der Waals surface area contributed by atoms with Crippen molar-refractivity contribution >= 4 is 29.3 Å². The van der Waals surface area contributed by atoms with Crippen LogP contribution in [0.15, 0.2) is 126 Å². The Kier molecular flexibility index (Phi) is 23.2. The molecule has 3 aromatic carbocycles. The standard InChI is InChI=1S/C35H44O5.C27H38O6/c1-7-30-25(2)15-14-20-31(38-23-28-16-10-8-11-17-28)26(3)22-35(5,6)33(36)21-32(27(4)34(37)40-30)39-24-29-18-12-9-13-19-29;1-7-24-27(6,31)22(28)14-13-18(2)16-26(4,5)23(29)15-21(19(3)25(30)33-24)32-17-20-11-9-8-10-12-20/h8-13,16-20,26-27,30-32H,7,21-24H2,1-6H3;8-14,18-19,21,24,31H,7,15-17H2,1-6H3/b;14-13+/t26-,27-,30-,31-,32+;18-,19+,21-,24+,27-/m10/s1. The lowest BCUT2D eigenvalue weighted by molar-refractivity contribution is -0.176. The Balaban J connectivity index is 0.000000323. The normalized spacial score (nSPS) is 29.0. The van der Waals surface area contributed by atoms with Crippen LogP contribution < -0.4 is 0 Å². The van der Waals surface area contributed by atoms with E-state index in [0.29, 0.717) is 32.5 Å². The molecule has 2 aliphatic rings. The number of rotatable bonds is 11. The van der Waals surface area contributed by atoms with Crippen LogP contribution in [0.4, 0.5) is 0 Å². The first-order valence-electron chi connectivity index (χ1n) is 26.1. The Morgan fingerprint density at radius 2 is 1.05 bits per heavy atom. The highest BCUT2D eigenvalue weighted by molar-refractivity contribution is 5.97. The van der Waals surface area contributed by atoms with Crippen molar-refractivity contribution in [1.29, 1.82) is 0 Å². The molecule has 3 aromatic rings. The molecule has 73 heavy (non-hydrogen) atoms. The molecule has 11 heteroatoms. The predicted molar refractivity (Wildman–Crippen MR) is 284 cm³/mol. The third-order valence-corrected chi connectivity index (χ3v) is 14.2. The number of ketones is 3. The molecule has 5 rings (SSSR count). The lowest BCUT2D eigenvalue weighted by Crippen LogP contribution is -2.49. The summed E-state index contributed by atoms with van der Waals surface area (Å²) in [4.78, 5) is 66.0. The van der Waals surface area contributed by atoms with Crippen molar-refractivity contribution in [3.05, 3.63) is 143 Å². The molecule has 11 nitrogen and oxygen atoms in total. The molecule has 2 heterocycles. The lowest BCUT2D eigenvalue weighted by atomic mass is 9.76. The summed E-state index contributed by atoms with van der Waals surface area (Å²) in [5, 5.41) is 10.9. The Morgan fingerprint density at radius 1 is 0.616 bits per heavy atom. The van der Waals surface area contributed by atoms with Crippen molar-refractivity contribution in [3.63, 3.8) is 0 Å². The topological polar surface area (TPSA) is 152 Å².